The predicted molar refractivity (Wildman–Crippen MR) is 89.9 cm³/mol. The molecule has 0 radical (unpaired) electrons. The van der Waals surface area contributed by atoms with E-state index in [0.717, 1.165) is 49.8 Å². The molecule has 5 heteroatoms. The summed E-state index contributed by atoms with van der Waals surface area (Å²) in [6.45, 7) is 0. The van der Waals surface area contributed by atoms with Crippen molar-refractivity contribution in [3.8, 4) is 6.07 Å². The summed E-state index contributed by atoms with van der Waals surface area (Å²) < 4.78 is 0. The first kappa shape index (κ1) is 14.4. The highest BCUT2D eigenvalue weighted by Gasteiger charge is 2.23. The van der Waals surface area contributed by atoms with Crippen molar-refractivity contribution < 1.29 is 4.79 Å². The van der Waals surface area contributed by atoms with Crippen LogP contribution in [0.2, 0.25) is 0 Å². The highest BCUT2D eigenvalue weighted by atomic mass is 32.1. The summed E-state index contributed by atoms with van der Waals surface area (Å²) in [5.74, 6) is -0.165. The van der Waals surface area contributed by atoms with Crippen LogP contribution in [0, 0.1) is 11.3 Å². The van der Waals surface area contributed by atoms with Crippen LogP contribution in [0.25, 0.3) is 0 Å². The maximum absolute atomic E-state index is 12.5. The molecule has 0 saturated carbocycles. The van der Waals surface area contributed by atoms with Gasteiger partial charge in [-0.25, -0.2) is 0 Å². The average molecular weight is 323 g/mol. The number of hydrogen-bond acceptors (Lipinski definition) is 4. The topological polar surface area (TPSA) is 65.8 Å². The minimum absolute atomic E-state index is 0.165. The number of aromatic nitrogens is 1. The summed E-state index contributed by atoms with van der Waals surface area (Å²) >= 11 is 1.55. The van der Waals surface area contributed by atoms with E-state index in [1.54, 1.807) is 17.5 Å². The van der Waals surface area contributed by atoms with Crippen molar-refractivity contribution in [2.45, 2.75) is 44.9 Å². The van der Waals surface area contributed by atoms with Gasteiger partial charge in [-0.2, -0.15) is 5.26 Å². The molecule has 4 nitrogen and oxygen atoms in total. The van der Waals surface area contributed by atoms with Crippen LogP contribution < -0.4 is 5.32 Å². The third-order valence-corrected chi connectivity index (χ3v) is 5.90. The molecule has 1 N–H and O–H groups in total. The molecule has 2 aliphatic rings. The lowest BCUT2D eigenvalue weighted by molar-refractivity contribution is 0.102. The number of anilines is 1. The Morgan fingerprint density at radius 3 is 2.96 bits per heavy atom. The molecule has 2 aliphatic carbocycles. The van der Waals surface area contributed by atoms with Crippen LogP contribution in [-0.2, 0) is 25.7 Å². The van der Waals surface area contributed by atoms with Crippen molar-refractivity contribution in [3.63, 3.8) is 0 Å². The van der Waals surface area contributed by atoms with Crippen molar-refractivity contribution in [1.82, 2.24) is 4.98 Å². The van der Waals surface area contributed by atoms with Gasteiger partial charge in [0.1, 0.15) is 11.1 Å². The van der Waals surface area contributed by atoms with Crippen LogP contribution >= 0.6 is 11.3 Å². The van der Waals surface area contributed by atoms with Crippen LogP contribution in [0.4, 0.5) is 5.00 Å². The van der Waals surface area contributed by atoms with Gasteiger partial charge in [0, 0.05) is 16.8 Å². The number of hydrogen-bond donors (Lipinski definition) is 1. The molecule has 1 amide bonds. The van der Waals surface area contributed by atoms with Crippen LogP contribution in [-0.4, -0.2) is 10.9 Å². The molecule has 2 aromatic heterocycles. The van der Waals surface area contributed by atoms with Gasteiger partial charge in [-0.1, -0.05) is 0 Å². The minimum Gasteiger partial charge on any atom is -0.312 e. The molecule has 2 aromatic rings. The number of amides is 1. The number of thiophene rings is 1. The molecule has 0 unspecified atom stereocenters. The highest BCUT2D eigenvalue weighted by Crippen LogP contribution is 2.38. The number of rotatable bonds is 2. The summed E-state index contributed by atoms with van der Waals surface area (Å²) in [5.41, 5.74) is 4.69. The molecular weight excluding hydrogens is 306 g/mol. The molecule has 4 rings (SSSR count). The number of nitrogens with one attached hydrogen (secondary N) is 1. The largest absolute Gasteiger partial charge is 0.312 e. The number of carbonyl (C=O) groups excluding carboxylic acids is 1. The summed E-state index contributed by atoms with van der Waals surface area (Å²) in [6, 6.07) is 4.23. The van der Waals surface area contributed by atoms with E-state index in [1.807, 2.05) is 6.07 Å². The van der Waals surface area contributed by atoms with Gasteiger partial charge in [0.25, 0.3) is 5.91 Å². The Morgan fingerprint density at radius 2 is 2.09 bits per heavy atom. The predicted octanol–water partition coefficient (Wildman–Crippen LogP) is 3.63. The summed E-state index contributed by atoms with van der Waals surface area (Å²) in [5, 5.41) is 13.0. The van der Waals surface area contributed by atoms with Crippen molar-refractivity contribution in [1.29, 1.82) is 5.26 Å². The SMILES string of the molecule is N#Cc1c(NC(=O)c2cnc3c(c2)CCCC3)sc2c1CCC2. The van der Waals surface area contributed by atoms with Crippen LogP contribution in [0.3, 0.4) is 0 Å². The van der Waals surface area contributed by atoms with Crippen LogP contribution in [0.5, 0.6) is 0 Å². The van der Waals surface area contributed by atoms with Crippen LogP contribution in [0.15, 0.2) is 12.3 Å². The first-order valence-electron chi connectivity index (χ1n) is 8.10. The first-order valence-corrected chi connectivity index (χ1v) is 8.91. The van der Waals surface area contributed by atoms with Gasteiger partial charge < -0.3 is 5.32 Å². The number of fused-ring (bicyclic) bond motifs is 2. The van der Waals surface area contributed by atoms with E-state index in [4.69, 9.17) is 0 Å². The minimum atomic E-state index is -0.165. The Balaban J connectivity index is 1.60. The number of aryl methyl sites for hydroxylation is 3. The normalized spacial score (nSPS) is 15.6. The molecule has 0 spiro atoms. The maximum atomic E-state index is 12.5. The van der Waals surface area contributed by atoms with E-state index in [0.29, 0.717) is 16.1 Å². The van der Waals surface area contributed by atoms with Gasteiger partial charge in [0.15, 0.2) is 0 Å². The molecule has 116 valence electrons. The van der Waals surface area contributed by atoms with Crippen LogP contribution in [0.1, 0.15) is 56.9 Å². The Hall–Kier alpha value is -2.19. The zero-order chi connectivity index (χ0) is 15.8. The monoisotopic (exact) mass is 323 g/mol. The standard InChI is InChI=1S/C18H17N3OS/c19-9-14-13-5-3-7-16(13)23-18(14)21-17(22)12-8-11-4-1-2-6-15(11)20-10-12/h8,10H,1-7H2,(H,21,22). The fourth-order valence-corrected chi connectivity index (χ4v) is 4.73. The number of pyridine rings is 1. The van der Waals surface area contributed by atoms with E-state index in [-0.39, 0.29) is 5.91 Å². The van der Waals surface area contributed by atoms with E-state index < -0.39 is 0 Å². The summed E-state index contributed by atoms with van der Waals surface area (Å²) in [4.78, 5) is 18.2. The number of carbonyl (C=O) groups is 1. The molecule has 0 bridgehead atoms. The number of nitrogens with zero attached hydrogens (tertiary/aromatic N) is 2. The molecule has 0 fully saturated rings. The summed E-state index contributed by atoms with van der Waals surface area (Å²) in [6.07, 6.45) is 9.09. The van der Waals surface area contributed by atoms with Crippen molar-refractivity contribution in [2.24, 2.45) is 0 Å². The lowest BCUT2D eigenvalue weighted by Gasteiger charge is -2.15. The fourth-order valence-electron chi connectivity index (χ4n) is 3.50. The fraction of sp³-hybridized carbons (Fsp3) is 0.389. The third-order valence-electron chi connectivity index (χ3n) is 4.69. The Morgan fingerprint density at radius 1 is 1.22 bits per heavy atom. The van der Waals surface area contributed by atoms with E-state index >= 15 is 0 Å². The Kier molecular flexibility index (Phi) is 3.62. The molecule has 0 aromatic carbocycles. The highest BCUT2D eigenvalue weighted by molar-refractivity contribution is 7.16. The molecule has 2 heterocycles. The second-order valence-corrected chi connectivity index (χ2v) is 7.27. The zero-order valence-electron chi connectivity index (χ0n) is 12.8. The molecule has 0 atom stereocenters. The third kappa shape index (κ3) is 2.53. The first-order chi connectivity index (χ1) is 11.3. The Labute approximate surface area is 139 Å². The van der Waals surface area contributed by atoms with E-state index in [2.05, 4.69) is 16.4 Å². The molecular formula is C18H17N3OS. The van der Waals surface area contributed by atoms with Gasteiger partial charge in [-0.3, -0.25) is 9.78 Å². The summed E-state index contributed by atoms with van der Waals surface area (Å²) in [7, 11) is 0. The maximum Gasteiger partial charge on any atom is 0.257 e. The lowest BCUT2D eigenvalue weighted by atomic mass is 9.95. The van der Waals surface area contributed by atoms with E-state index in [9.17, 15) is 10.1 Å². The second-order valence-electron chi connectivity index (χ2n) is 6.16. The van der Waals surface area contributed by atoms with Crippen molar-refractivity contribution in [2.75, 3.05) is 5.32 Å². The van der Waals surface area contributed by atoms with Crippen molar-refractivity contribution >= 4 is 22.2 Å². The lowest BCUT2D eigenvalue weighted by Crippen LogP contribution is -2.14. The van der Waals surface area contributed by atoms with Gasteiger partial charge in [0.05, 0.1) is 11.1 Å². The van der Waals surface area contributed by atoms with Gasteiger partial charge in [-0.05, 0) is 62.1 Å². The Bertz CT molecular complexity index is 832. The quantitative estimate of drug-likeness (QED) is 0.917. The zero-order valence-corrected chi connectivity index (χ0v) is 13.6. The van der Waals surface area contributed by atoms with Gasteiger partial charge in [0.2, 0.25) is 0 Å². The average Bonchev–Trinajstić information content (AvgIpc) is 3.14. The molecule has 0 saturated heterocycles. The smallest absolute Gasteiger partial charge is 0.257 e. The number of nitriles is 1. The van der Waals surface area contributed by atoms with E-state index in [1.165, 1.54) is 16.9 Å². The molecule has 23 heavy (non-hydrogen) atoms. The van der Waals surface area contributed by atoms with Crippen molar-refractivity contribution in [3.05, 3.63) is 45.1 Å². The molecule has 0 aliphatic heterocycles. The van der Waals surface area contributed by atoms with Gasteiger partial charge in [-0.15, -0.1) is 11.3 Å². The van der Waals surface area contributed by atoms with Gasteiger partial charge >= 0.3 is 0 Å². The second kappa shape index (κ2) is 5.78.